The van der Waals surface area contributed by atoms with Gasteiger partial charge in [-0.25, -0.2) is 8.42 Å². The zero-order chi connectivity index (χ0) is 17.5. The maximum atomic E-state index is 12.4. The summed E-state index contributed by atoms with van der Waals surface area (Å²) in [7, 11) is -2.96. The summed E-state index contributed by atoms with van der Waals surface area (Å²) in [6.07, 6.45) is 1.45. The summed E-state index contributed by atoms with van der Waals surface area (Å²) in [6, 6.07) is 5.25. The summed E-state index contributed by atoms with van der Waals surface area (Å²) in [6.45, 7) is 3.96. The van der Waals surface area contributed by atoms with Gasteiger partial charge in [0.05, 0.1) is 17.5 Å². The van der Waals surface area contributed by atoms with E-state index in [9.17, 15) is 13.2 Å². The molecule has 2 heterocycles. The topological polar surface area (TPSA) is 98.5 Å². The average Bonchev–Trinajstić information content (AvgIpc) is 2.77. The largest absolute Gasteiger partial charge is 0.487 e. The maximum Gasteiger partial charge on any atom is 0.220 e. The van der Waals surface area contributed by atoms with Crippen molar-refractivity contribution in [3.63, 3.8) is 0 Å². The van der Waals surface area contributed by atoms with Gasteiger partial charge in [-0.1, -0.05) is 0 Å². The van der Waals surface area contributed by atoms with E-state index >= 15 is 0 Å². The minimum atomic E-state index is -2.96. The quantitative estimate of drug-likeness (QED) is 0.809. The van der Waals surface area contributed by atoms with Crippen LogP contribution in [0.2, 0.25) is 0 Å². The van der Waals surface area contributed by atoms with E-state index in [1.54, 1.807) is 6.07 Å². The van der Waals surface area contributed by atoms with Crippen LogP contribution in [0.3, 0.4) is 0 Å². The van der Waals surface area contributed by atoms with Gasteiger partial charge in [0.2, 0.25) is 5.91 Å². The Balaban J connectivity index is 1.72. The second kappa shape index (κ2) is 5.95. The Morgan fingerprint density at radius 3 is 2.83 bits per heavy atom. The van der Waals surface area contributed by atoms with Gasteiger partial charge in [0.1, 0.15) is 11.4 Å². The highest BCUT2D eigenvalue weighted by molar-refractivity contribution is 7.91. The Labute approximate surface area is 142 Å². The predicted molar refractivity (Wildman–Crippen MR) is 92.4 cm³/mol. The highest BCUT2D eigenvalue weighted by Crippen LogP contribution is 2.40. The second-order valence-electron chi connectivity index (χ2n) is 7.46. The van der Waals surface area contributed by atoms with Crippen LogP contribution in [0.15, 0.2) is 18.2 Å². The van der Waals surface area contributed by atoms with Crippen molar-refractivity contribution in [2.75, 3.05) is 17.2 Å². The molecule has 3 rings (SSSR count). The normalized spacial score (nSPS) is 27.1. The third-order valence-corrected chi connectivity index (χ3v) is 6.46. The SMILES string of the molecule is CC1(C)CC(NC(=O)CC2CCS(=O)(=O)C2)c2cc(N)ccc2O1. The van der Waals surface area contributed by atoms with Gasteiger partial charge in [0, 0.05) is 24.1 Å². The number of ether oxygens (including phenoxy) is 1. The Hall–Kier alpha value is -1.76. The van der Waals surface area contributed by atoms with Crippen LogP contribution in [0.5, 0.6) is 5.75 Å². The molecule has 1 amide bonds. The number of hydrogen-bond acceptors (Lipinski definition) is 5. The molecule has 0 bridgehead atoms. The zero-order valence-electron chi connectivity index (χ0n) is 14.0. The van der Waals surface area contributed by atoms with Gasteiger partial charge >= 0.3 is 0 Å². The van der Waals surface area contributed by atoms with E-state index in [1.165, 1.54) is 0 Å². The average molecular weight is 352 g/mol. The van der Waals surface area contributed by atoms with Crippen molar-refractivity contribution in [3.05, 3.63) is 23.8 Å². The number of amides is 1. The monoisotopic (exact) mass is 352 g/mol. The molecule has 0 spiro atoms. The highest BCUT2D eigenvalue weighted by atomic mass is 32.2. The van der Waals surface area contributed by atoms with Crippen LogP contribution in [0, 0.1) is 5.92 Å². The van der Waals surface area contributed by atoms with Gasteiger partial charge in [-0.05, 0) is 44.4 Å². The molecular formula is C17H24N2O4S. The number of anilines is 1. The number of nitrogens with one attached hydrogen (secondary N) is 1. The second-order valence-corrected chi connectivity index (χ2v) is 9.69. The molecule has 0 saturated carbocycles. The van der Waals surface area contributed by atoms with Crippen LogP contribution in [0.25, 0.3) is 0 Å². The van der Waals surface area contributed by atoms with Crippen LogP contribution in [-0.2, 0) is 14.6 Å². The molecule has 0 radical (unpaired) electrons. The number of rotatable bonds is 3. The molecule has 24 heavy (non-hydrogen) atoms. The van der Waals surface area contributed by atoms with Gasteiger partial charge < -0.3 is 15.8 Å². The van der Waals surface area contributed by atoms with Crippen LogP contribution >= 0.6 is 0 Å². The van der Waals surface area contributed by atoms with Crippen molar-refractivity contribution < 1.29 is 17.9 Å². The molecule has 2 atom stereocenters. The molecule has 1 aromatic rings. The summed E-state index contributed by atoms with van der Waals surface area (Å²) < 4.78 is 29.0. The third-order valence-electron chi connectivity index (χ3n) is 4.63. The first-order chi connectivity index (χ1) is 11.1. The number of nitrogens with two attached hydrogens (primary N) is 1. The van der Waals surface area contributed by atoms with Gasteiger partial charge in [0.15, 0.2) is 9.84 Å². The van der Waals surface area contributed by atoms with Gasteiger partial charge in [-0.15, -0.1) is 0 Å². The minimum Gasteiger partial charge on any atom is -0.487 e. The van der Waals surface area contributed by atoms with Gasteiger partial charge in [0.25, 0.3) is 0 Å². The molecule has 1 fully saturated rings. The number of carbonyl (C=O) groups excluding carboxylic acids is 1. The first kappa shape index (κ1) is 17.1. The standard InChI is InChI=1S/C17H24N2O4S/c1-17(2)9-14(13-8-12(18)3-4-15(13)23-17)19-16(20)7-11-5-6-24(21,22)10-11/h3-4,8,11,14H,5-7,9-10,18H2,1-2H3,(H,19,20). The van der Waals surface area contributed by atoms with E-state index in [0.717, 1.165) is 11.3 Å². The van der Waals surface area contributed by atoms with E-state index in [0.29, 0.717) is 18.5 Å². The van der Waals surface area contributed by atoms with Crippen molar-refractivity contribution in [1.29, 1.82) is 0 Å². The van der Waals surface area contributed by atoms with E-state index in [4.69, 9.17) is 10.5 Å². The van der Waals surface area contributed by atoms with E-state index in [-0.39, 0.29) is 35.8 Å². The fraction of sp³-hybridized carbons (Fsp3) is 0.588. The van der Waals surface area contributed by atoms with Crippen molar-refractivity contribution in [1.82, 2.24) is 5.32 Å². The van der Waals surface area contributed by atoms with Crippen LogP contribution in [0.4, 0.5) is 5.69 Å². The third kappa shape index (κ3) is 3.83. The van der Waals surface area contributed by atoms with Gasteiger partial charge in [-0.2, -0.15) is 0 Å². The van der Waals surface area contributed by atoms with E-state index < -0.39 is 15.4 Å². The van der Waals surface area contributed by atoms with E-state index in [2.05, 4.69) is 5.32 Å². The number of fused-ring (bicyclic) bond motifs is 1. The molecule has 6 nitrogen and oxygen atoms in total. The van der Waals surface area contributed by atoms with Crippen molar-refractivity contribution in [2.45, 2.75) is 44.8 Å². The Morgan fingerprint density at radius 2 is 2.17 bits per heavy atom. The number of hydrogen-bond donors (Lipinski definition) is 2. The van der Waals surface area contributed by atoms with Crippen molar-refractivity contribution in [3.8, 4) is 5.75 Å². The molecule has 0 aliphatic carbocycles. The number of benzene rings is 1. The molecule has 2 aliphatic rings. The summed E-state index contributed by atoms with van der Waals surface area (Å²) in [5, 5.41) is 3.04. The van der Waals surface area contributed by atoms with Crippen molar-refractivity contribution in [2.24, 2.45) is 5.92 Å². The lowest BCUT2D eigenvalue weighted by atomic mass is 9.89. The van der Waals surface area contributed by atoms with Gasteiger partial charge in [-0.3, -0.25) is 4.79 Å². The molecule has 1 aromatic carbocycles. The summed E-state index contributed by atoms with van der Waals surface area (Å²) in [5.74, 6) is 0.836. The summed E-state index contributed by atoms with van der Waals surface area (Å²) in [5.41, 5.74) is 6.98. The molecule has 132 valence electrons. The van der Waals surface area contributed by atoms with Crippen LogP contribution < -0.4 is 15.8 Å². The molecule has 7 heteroatoms. The minimum absolute atomic E-state index is 0.0804. The van der Waals surface area contributed by atoms with Crippen LogP contribution in [-0.4, -0.2) is 31.4 Å². The highest BCUT2D eigenvalue weighted by Gasteiger charge is 2.35. The molecule has 1 saturated heterocycles. The predicted octanol–water partition coefficient (Wildman–Crippen LogP) is 1.81. The lowest BCUT2D eigenvalue weighted by Crippen LogP contribution is -2.41. The smallest absolute Gasteiger partial charge is 0.220 e. The molecule has 2 unspecified atom stereocenters. The maximum absolute atomic E-state index is 12.4. The summed E-state index contributed by atoms with van der Waals surface area (Å²) in [4.78, 5) is 12.4. The number of carbonyl (C=O) groups is 1. The number of sulfone groups is 1. The lowest BCUT2D eigenvalue weighted by Gasteiger charge is -2.38. The molecular weight excluding hydrogens is 328 g/mol. The first-order valence-corrected chi connectivity index (χ1v) is 10.0. The fourth-order valence-electron chi connectivity index (χ4n) is 3.55. The zero-order valence-corrected chi connectivity index (χ0v) is 14.9. The Kier molecular flexibility index (Phi) is 4.23. The van der Waals surface area contributed by atoms with E-state index in [1.807, 2.05) is 26.0 Å². The molecule has 0 aromatic heterocycles. The molecule has 2 aliphatic heterocycles. The lowest BCUT2D eigenvalue weighted by molar-refractivity contribution is -0.123. The summed E-state index contributed by atoms with van der Waals surface area (Å²) >= 11 is 0. The Bertz CT molecular complexity index is 758. The molecule has 3 N–H and O–H groups in total. The van der Waals surface area contributed by atoms with Crippen molar-refractivity contribution >= 4 is 21.4 Å². The Morgan fingerprint density at radius 1 is 1.42 bits per heavy atom. The fourth-order valence-corrected chi connectivity index (χ4v) is 5.41. The van der Waals surface area contributed by atoms with Crippen LogP contribution in [0.1, 0.15) is 44.7 Å². The first-order valence-electron chi connectivity index (χ1n) is 8.22. The number of nitrogen functional groups attached to an aromatic ring is 1.